The van der Waals surface area contributed by atoms with Crippen LogP contribution in [0.4, 0.5) is 0 Å². The highest BCUT2D eigenvalue weighted by molar-refractivity contribution is 4.90. The van der Waals surface area contributed by atoms with Crippen LogP contribution in [0.1, 0.15) is 19.2 Å². The van der Waals surface area contributed by atoms with Crippen molar-refractivity contribution in [2.75, 3.05) is 26.7 Å². The number of hydrogen-bond donors (Lipinski definition) is 1. The number of aromatic nitrogens is 2. The van der Waals surface area contributed by atoms with Gasteiger partial charge in [-0.05, 0) is 33.1 Å². The zero-order valence-electron chi connectivity index (χ0n) is 10.0. The molecule has 1 heterocycles. The van der Waals surface area contributed by atoms with Gasteiger partial charge in [-0.1, -0.05) is 6.92 Å². The zero-order chi connectivity index (χ0) is 11.1. The average Bonchev–Trinajstić information content (AvgIpc) is 2.59. The maximum atomic E-state index is 4.31. The van der Waals surface area contributed by atoms with Crippen LogP contribution in [0.3, 0.4) is 0 Å². The third-order valence-electron chi connectivity index (χ3n) is 2.48. The van der Waals surface area contributed by atoms with Crippen LogP contribution in [0.2, 0.25) is 0 Å². The summed E-state index contributed by atoms with van der Waals surface area (Å²) < 4.78 is 2.07. The Balaban J connectivity index is 2.18. The molecule has 0 radical (unpaired) electrons. The first-order valence-electron chi connectivity index (χ1n) is 5.59. The number of nitrogens with one attached hydrogen (secondary N) is 1. The van der Waals surface area contributed by atoms with E-state index in [4.69, 9.17) is 0 Å². The van der Waals surface area contributed by atoms with Crippen molar-refractivity contribution in [3.63, 3.8) is 0 Å². The van der Waals surface area contributed by atoms with Gasteiger partial charge in [-0.25, -0.2) is 4.98 Å². The molecule has 0 unspecified atom stereocenters. The second-order valence-electron chi connectivity index (χ2n) is 3.90. The van der Waals surface area contributed by atoms with Crippen LogP contribution >= 0.6 is 0 Å². The lowest BCUT2D eigenvalue weighted by Crippen LogP contribution is -2.24. The molecule has 1 N–H and O–H groups in total. The minimum absolute atomic E-state index is 0.926. The molecule has 0 saturated heterocycles. The molecule has 86 valence electrons. The standard InChI is InChI=1S/C11H22N4/c1-4-12-6-5-8-14(2)10-11-13-7-9-15(11)3/h7,9,12H,4-6,8,10H2,1-3H3. The lowest BCUT2D eigenvalue weighted by atomic mass is 10.4. The van der Waals surface area contributed by atoms with E-state index in [1.165, 1.54) is 6.42 Å². The fraction of sp³-hybridized carbons (Fsp3) is 0.727. The fourth-order valence-electron chi connectivity index (χ4n) is 1.52. The zero-order valence-corrected chi connectivity index (χ0v) is 10.0. The Kier molecular flexibility index (Phi) is 5.36. The predicted octanol–water partition coefficient (Wildman–Crippen LogP) is 0.851. The fourth-order valence-corrected chi connectivity index (χ4v) is 1.52. The third-order valence-corrected chi connectivity index (χ3v) is 2.48. The van der Waals surface area contributed by atoms with Gasteiger partial charge in [0.05, 0.1) is 6.54 Å². The Bertz CT molecular complexity index is 269. The maximum Gasteiger partial charge on any atom is 0.122 e. The summed E-state index contributed by atoms with van der Waals surface area (Å²) in [6.45, 7) is 6.33. The lowest BCUT2D eigenvalue weighted by Gasteiger charge is -2.16. The van der Waals surface area contributed by atoms with Gasteiger partial charge in [-0.2, -0.15) is 0 Å². The Morgan fingerprint density at radius 3 is 2.93 bits per heavy atom. The summed E-state index contributed by atoms with van der Waals surface area (Å²) in [5.74, 6) is 1.13. The average molecular weight is 210 g/mol. The number of rotatable bonds is 7. The molecule has 0 fully saturated rings. The van der Waals surface area contributed by atoms with E-state index in [1.54, 1.807) is 0 Å². The predicted molar refractivity (Wildman–Crippen MR) is 62.7 cm³/mol. The smallest absolute Gasteiger partial charge is 0.122 e. The van der Waals surface area contributed by atoms with Crippen molar-refractivity contribution in [3.8, 4) is 0 Å². The van der Waals surface area contributed by atoms with Crippen LogP contribution in [-0.2, 0) is 13.6 Å². The summed E-state index contributed by atoms with van der Waals surface area (Å²) in [6.07, 6.45) is 5.03. The molecule has 0 aliphatic heterocycles. The van der Waals surface area contributed by atoms with Crippen LogP contribution in [0.5, 0.6) is 0 Å². The van der Waals surface area contributed by atoms with Gasteiger partial charge < -0.3 is 9.88 Å². The molecule has 15 heavy (non-hydrogen) atoms. The molecule has 0 atom stereocenters. The Hall–Kier alpha value is -0.870. The number of aryl methyl sites for hydroxylation is 1. The molecule has 0 spiro atoms. The monoisotopic (exact) mass is 210 g/mol. The second kappa shape index (κ2) is 6.58. The van der Waals surface area contributed by atoms with Crippen molar-refractivity contribution in [2.24, 2.45) is 7.05 Å². The highest BCUT2D eigenvalue weighted by Crippen LogP contribution is 1.99. The van der Waals surface area contributed by atoms with Crippen molar-refractivity contribution in [1.82, 2.24) is 19.8 Å². The molecule has 4 heteroatoms. The largest absolute Gasteiger partial charge is 0.337 e. The van der Waals surface area contributed by atoms with E-state index < -0.39 is 0 Å². The van der Waals surface area contributed by atoms with Gasteiger partial charge in [0.15, 0.2) is 0 Å². The SMILES string of the molecule is CCNCCCN(C)Cc1nccn1C. The topological polar surface area (TPSA) is 33.1 Å². The van der Waals surface area contributed by atoms with E-state index in [2.05, 4.69) is 33.7 Å². The van der Waals surface area contributed by atoms with Crippen LogP contribution in [0, 0.1) is 0 Å². The first kappa shape index (κ1) is 12.2. The number of nitrogens with zero attached hydrogens (tertiary/aromatic N) is 3. The van der Waals surface area contributed by atoms with E-state index in [9.17, 15) is 0 Å². The first-order chi connectivity index (χ1) is 7.24. The summed E-state index contributed by atoms with van der Waals surface area (Å²) in [4.78, 5) is 6.61. The van der Waals surface area contributed by atoms with Crippen molar-refractivity contribution >= 4 is 0 Å². The molecule has 4 nitrogen and oxygen atoms in total. The molecule has 1 rings (SSSR count). The summed E-state index contributed by atoms with van der Waals surface area (Å²) in [5, 5.41) is 3.33. The van der Waals surface area contributed by atoms with Crippen LogP contribution in [0.25, 0.3) is 0 Å². The third kappa shape index (κ3) is 4.44. The van der Waals surface area contributed by atoms with Gasteiger partial charge in [0, 0.05) is 19.4 Å². The van der Waals surface area contributed by atoms with Gasteiger partial charge in [-0.15, -0.1) is 0 Å². The molecule has 0 aliphatic carbocycles. The molecular weight excluding hydrogens is 188 g/mol. The quantitative estimate of drug-likeness (QED) is 0.677. The van der Waals surface area contributed by atoms with Crippen molar-refractivity contribution < 1.29 is 0 Å². The van der Waals surface area contributed by atoms with Gasteiger partial charge in [0.2, 0.25) is 0 Å². The van der Waals surface area contributed by atoms with Gasteiger partial charge in [-0.3, -0.25) is 4.90 Å². The van der Waals surface area contributed by atoms with Crippen LogP contribution in [-0.4, -0.2) is 41.1 Å². The van der Waals surface area contributed by atoms with E-state index in [1.807, 2.05) is 19.4 Å². The molecule has 1 aromatic rings. The molecule has 1 aromatic heterocycles. The summed E-state index contributed by atoms with van der Waals surface area (Å²) in [5.41, 5.74) is 0. The molecule has 0 amide bonds. The summed E-state index contributed by atoms with van der Waals surface area (Å²) >= 11 is 0. The molecule has 0 saturated carbocycles. The van der Waals surface area contributed by atoms with E-state index >= 15 is 0 Å². The normalized spacial score (nSPS) is 11.2. The minimum Gasteiger partial charge on any atom is -0.337 e. The summed E-state index contributed by atoms with van der Waals surface area (Å²) in [7, 11) is 4.18. The van der Waals surface area contributed by atoms with E-state index in [0.717, 1.165) is 32.0 Å². The maximum absolute atomic E-state index is 4.31. The van der Waals surface area contributed by atoms with Gasteiger partial charge in [0.1, 0.15) is 5.82 Å². The van der Waals surface area contributed by atoms with Crippen LogP contribution < -0.4 is 5.32 Å². The second-order valence-corrected chi connectivity index (χ2v) is 3.90. The minimum atomic E-state index is 0.926. The van der Waals surface area contributed by atoms with Crippen LogP contribution in [0.15, 0.2) is 12.4 Å². The Labute approximate surface area is 92.3 Å². The van der Waals surface area contributed by atoms with E-state index in [-0.39, 0.29) is 0 Å². The number of hydrogen-bond acceptors (Lipinski definition) is 3. The Morgan fingerprint density at radius 1 is 1.53 bits per heavy atom. The number of imidazole rings is 1. The molecule has 0 aliphatic rings. The van der Waals surface area contributed by atoms with E-state index in [0.29, 0.717) is 0 Å². The van der Waals surface area contributed by atoms with Gasteiger partial charge >= 0.3 is 0 Å². The van der Waals surface area contributed by atoms with Crippen molar-refractivity contribution in [2.45, 2.75) is 19.9 Å². The summed E-state index contributed by atoms with van der Waals surface area (Å²) in [6, 6.07) is 0. The Morgan fingerprint density at radius 2 is 2.33 bits per heavy atom. The molecule has 0 aromatic carbocycles. The van der Waals surface area contributed by atoms with Gasteiger partial charge in [0.25, 0.3) is 0 Å². The highest BCUT2D eigenvalue weighted by Gasteiger charge is 2.03. The van der Waals surface area contributed by atoms with Crippen molar-refractivity contribution in [3.05, 3.63) is 18.2 Å². The first-order valence-corrected chi connectivity index (χ1v) is 5.59. The highest BCUT2D eigenvalue weighted by atomic mass is 15.1. The molecule has 0 bridgehead atoms. The van der Waals surface area contributed by atoms with Crippen molar-refractivity contribution in [1.29, 1.82) is 0 Å². The lowest BCUT2D eigenvalue weighted by molar-refractivity contribution is 0.309. The molecular formula is C11H22N4.